The van der Waals surface area contributed by atoms with E-state index < -0.39 is 0 Å². The lowest BCUT2D eigenvalue weighted by Crippen LogP contribution is -2.35. The molecule has 0 saturated carbocycles. The Morgan fingerprint density at radius 2 is 2.39 bits per heavy atom. The molecule has 0 fully saturated rings. The van der Waals surface area contributed by atoms with Crippen LogP contribution in [0.2, 0.25) is 4.47 Å². The monoisotopic (exact) mass is 348 g/mol. The lowest BCUT2D eigenvalue weighted by molar-refractivity contribution is 0.244. The molecule has 23 heavy (non-hydrogen) atoms. The first-order valence-electron chi connectivity index (χ1n) is 7.17. The molecule has 0 atom stereocenters. The van der Waals surface area contributed by atoms with Crippen molar-refractivity contribution in [2.75, 3.05) is 6.54 Å². The highest BCUT2D eigenvalue weighted by Crippen LogP contribution is 2.23. The maximum atomic E-state index is 12.4. The van der Waals surface area contributed by atoms with Crippen molar-refractivity contribution in [3.63, 3.8) is 0 Å². The second-order valence-corrected chi connectivity index (χ2v) is 7.05. The minimum atomic E-state index is -0.103. The van der Waals surface area contributed by atoms with Gasteiger partial charge in [0.15, 0.2) is 16.1 Å². The van der Waals surface area contributed by atoms with E-state index in [9.17, 15) is 4.79 Å². The lowest BCUT2D eigenvalue weighted by atomic mass is 10.1. The number of furan rings is 1. The number of rotatable bonds is 3. The maximum Gasteiger partial charge on any atom is 0.256 e. The molecule has 3 aromatic rings. The lowest BCUT2D eigenvalue weighted by Gasteiger charge is -2.26. The average molecular weight is 349 g/mol. The highest BCUT2D eigenvalue weighted by molar-refractivity contribution is 7.15. The third kappa shape index (κ3) is 2.95. The van der Waals surface area contributed by atoms with Crippen LogP contribution in [0.15, 0.2) is 33.8 Å². The Morgan fingerprint density at radius 3 is 3.13 bits per heavy atom. The topological polar surface area (TPSA) is 75.0 Å². The number of nitrogens with one attached hydrogen (secondary N) is 1. The van der Waals surface area contributed by atoms with Gasteiger partial charge >= 0.3 is 0 Å². The van der Waals surface area contributed by atoms with Gasteiger partial charge in [-0.25, -0.2) is 9.97 Å². The number of hydrogen-bond acceptors (Lipinski definition) is 6. The van der Waals surface area contributed by atoms with Crippen LogP contribution >= 0.6 is 22.9 Å². The van der Waals surface area contributed by atoms with Crippen LogP contribution in [0.4, 0.5) is 0 Å². The van der Waals surface area contributed by atoms with Crippen molar-refractivity contribution >= 4 is 22.9 Å². The molecule has 0 radical (unpaired) electrons. The number of thiazole rings is 1. The molecule has 0 saturated heterocycles. The van der Waals surface area contributed by atoms with E-state index in [1.807, 2.05) is 0 Å². The number of aromatic nitrogens is 3. The van der Waals surface area contributed by atoms with E-state index in [0.717, 1.165) is 35.6 Å². The van der Waals surface area contributed by atoms with E-state index in [1.165, 1.54) is 11.3 Å². The molecule has 8 heteroatoms. The summed E-state index contributed by atoms with van der Waals surface area (Å²) in [6.07, 6.45) is 4.08. The quantitative estimate of drug-likeness (QED) is 0.787. The van der Waals surface area contributed by atoms with Crippen LogP contribution in [0.3, 0.4) is 0 Å². The van der Waals surface area contributed by atoms with Gasteiger partial charge in [-0.1, -0.05) is 11.6 Å². The van der Waals surface area contributed by atoms with Crippen molar-refractivity contribution in [3.8, 4) is 11.6 Å². The standard InChI is InChI=1S/C15H13ClN4O2S/c16-15-17-6-9(23-15)7-20-4-3-11-10(8-20)14(21)19-13(18-11)12-2-1-5-22-12/h1-2,5-6H,3-4,7-8H2,(H,18,19,21). The van der Waals surface area contributed by atoms with Gasteiger partial charge in [0.2, 0.25) is 0 Å². The zero-order valence-electron chi connectivity index (χ0n) is 12.1. The van der Waals surface area contributed by atoms with Gasteiger partial charge in [-0.05, 0) is 12.1 Å². The summed E-state index contributed by atoms with van der Waals surface area (Å²) < 4.78 is 5.85. The molecule has 3 aromatic heterocycles. The first-order valence-corrected chi connectivity index (χ1v) is 8.37. The van der Waals surface area contributed by atoms with Crippen molar-refractivity contribution < 1.29 is 4.42 Å². The Morgan fingerprint density at radius 1 is 1.48 bits per heavy atom. The summed E-state index contributed by atoms with van der Waals surface area (Å²) in [6, 6.07) is 3.56. The van der Waals surface area contributed by atoms with Gasteiger partial charge < -0.3 is 9.40 Å². The minimum Gasteiger partial charge on any atom is -0.461 e. The van der Waals surface area contributed by atoms with Gasteiger partial charge in [0.05, 0.1) is 17.5 Å². The highest BCUT2D eigenvalue weighted by Gasteiger charge is 2.22. The second kappa shape index (κ2) is 5.92. The SMILES string of the molecule is O=c1[nH]c(-c2ccco2)nc2c1CN(Cc1cnc(Cl)s1)CC2. The van der Waals surface area contributed by atoms with Gasteiger partial charge in [-0.2, -0.15) is 0 Å². The second-order valence-electron chi connectivity index (χ2n) is 5.36. The Balaban J connectivity index is 1.59. The predicted molar refractivity (Wildman–Crippen MR) is 87.5 cm³/mol. The van der Waals surface area contributed by atoms with E-state index in [0.29, 0.717) is 22.6 Å². The summed E-state index contributed by atoms with van der Waals surface area (Å²) in [5, 5.41) is 0. The van der Waals surface area contributed by atoms with E-state index in [1.54, 1.807) is 24.6 Å². The molecule has 0 aliphatic carbocycles. The molecule has 1 aliphatic rings. The molecule has 4 heterocycles. The van der Waals surface area contributed by atoms with Crippen molar-refractivity contribution in [2.24, 2.45) is 0 Å². The minimum absolute atomic E-state index is 0.103. The number of hydrogen-bond donors (Lipinski definition) is 1. The van der Waals surface area contributed by atoms with E-state index >= 15 is 0 Å². The van der Waals surface area contributed by atoms with E-state index in [-0.39, 0.29) is 5.56 Å². The number of fused-ring (bicyclic) bond motifs is 1. The van der Waals surface area contributed by atoms with Crippen LogP contribution in [-0.2, 0) is 19.5 Å². The van der Waals surface area contributed by atoms with Gasteiger partial charge in [-0.3, -0.25) is 9.69 Å². The molecule has 6 nitrogen and oxygen atoms in total. The Kier molecular flexibility index (Phi) is 3.76. The molecule has 0 aromatic carbocycles. The van der Waals surface area contributed by atoms with E-state index in [4.69, 9.17) is 16.0 Å². The molecule has 0 spiro atoms. The molecule has 118 valence electrons. The summed E-state index contributed by atoms with van der Waals surface area (Å²) in [6.45, 7) is 2.16. The van der Waals surface area contributed by atoms with Crippen molar-refractivity contribution in [1.29, 1.82) is 0 Å². The summed E-state index contributed by atoms with van der Waals surface area (Å²) >= 11 is 7.33. The number of H-pyrrole nitrogens is 1. The van der Waals surface area contributed by atoms with E-state index in [2.05, 4.69) is 19.9 Å². The fourth-order valence-corrected chi connectivity index (χ4v) is 3.74. The molecule has 4 rings (SSSR count). The molecule has 0 amide bonds. The van der Waals surface area contributed by atoms with Crippen molar-refractivity contribution in [1.82, 2.24) is 19.9 Å². The zero-order chi connectivity index (χ0) is 15.8. The van der Waals surface area contributed by atoms with Crippen molar-refractivity contribution in [2.45, 2.75) is 19.5 Å². The number of aromatic amines is 1. The van der Waals surface area contributed by atoms with Crippen LogP contribution in [0.25, 0.3) is 11.6 Å². The molecule has 0 unspecified atom stereocenters. The van der Waals surface area contributed by atoms with Gasteiger partial charge in [-0.15, -0.1) is 11.3 Å². The Bertz CT molecular complexity index is 887. The normalized spacial score (nSPS) is 14.8. The molecular weight excluding hydrogens is 336 g/mol. The third-order valence-corrected chi connectivity index (χ3v) is 4.91. The zero-order valence-corrected chi connectivity index (χ0v) is 13.7. The summed E-state index contributed by atoms with van der Waals surface area (Å²) in [4.78, 5) is 27.1. The third-order valence-electron chi connectivity index (χ3n) is 3.81. The molecular formula is C15H13ClN4O2S. The van der Waals surface area contributed by atoms with Crippen LogP contribution in [0.5, 0.6) is 0 Å². The predicted octanol–water partition coefficient (Wildman–Crippen LogP) is 2.70. The smallest absolute Gasteiger partial charge is 0.256 e. The van der Waals surface area contributed by atoms with Crippen LogP contribution in [-0.4, -0.2) is 26.4 Å². The molecule has 1 aliphatic heterocycles. The maximum absolute atomic E-state index is 12.4. The number of halogens is 1. The first kappa shape index (κ1) is 14.6. The van der Waals surface area contributed by atoms with Crippen molar-refractivity contribution in [3.05, 3.63) is 55.5 Å². The fraction of sp³-hybridized carbons (Fsp3) is 0.267. The first-order chi connectivity index (χ1) is 11.2. The Labute approximate surface area is 140 Å². The average Bonchev–Trinajstić information content (AvgIpc) is 3.20. The van der Waals surface area contributed by atoms with Gasteiger partial charge in [0.25, 0.3) is 5.56 Å². The van der Waals surface area contributed by atoms with Crippen LogP contribution < -0.4 is 5.56 Å². The molecule has 0 bridgehead atoms. The number of nitrogens with zero attached hydrogens (tertiary/aromatic N) is 3. The molecule has 1 N–H and O–H groups in total. The van der Waals surface area contributed by atoms with Crippen LogP contribution in [0, 0.1) is 0 Å². The summed E-state index contributed by atoms with van der Waals surface area (Å²) in [5.41, 5.74) is 1.47. The Hall–Kier alpha value is -1.96. The van der Waals surface area contributed by atoms with Gasteiger partial charge in [0, 0.05) is 37.1 Å². The highest BCUT2D eigenvalue weighted by atomic mass is 35.5. The largest absolute Gasteiger partial charge is 0.461 e. The fourth-order valence-electron chi connectivity index (χ4n) is 2.72. The summed E-state index contributed by atoms with van der Waals surface area (Å²) in [7, 11) is 0. The summed E-state index contributed by atoms with van der Waals surface area (Å²) in [5.74, 6) is 1.06. The van der Waals surface area contributed by atoms with Gasteiger partial charge in [0.1, 0.15) is 0 Å². The van der Waals surface area contributed by atoms with Crippen LogP contribution in [0.1, 0.15) is 16.1 Å².